The van der Waals surface area contributed by atoms with E-state index in [2.05, 4.69) is 15.3 Å². The van der Waals surface area contributed by atoms with Gasteiger partial charge >= 0.3 is 0 Å². The maximum Gasteiger partial charge on any atom is 0.258 e. The number of carbonyl (C=O) groups excluding carboxylic acids is 1. The number of hydrogen-bond acceptors (Lipinski definition) is 5. The Kier molecular flexibility index (Phi) is 4.32. The Labute approximate surface area is 158 Å². The Bertz CT molecular complexity index is 1110. The van der Waals surface area contributed by atoms with Gasteiger partial charge < -0.3 is 9.14 Å². The smallest absolute Gasteiger partial charge is 0.258 e. The van der Waals surface area contributed by atoms with E-state index in [1.807, 2.05) is 11.4 Å². The first kappa shape index (κ1) is 16.6. The molecule has 0 saturated carbocycles. The molecule has 0 aliphatic carbocycles. The molecule has 0 radical (unpaired) electrons. The molecule has 1 aromatic carbocycles. The lowest BCUT2D eigenvalue weighted by atomic mass is 10.2. The normalized spacial score (nSPS) is 10.8. The van der Waals surface area contributed by atoms with E-state index in [1.54, 1.807) is 54.4 Å². The second kappa shape index (κ2) is 6.78. The molecule has 0 aliphatic rings. The molecule has 26 heavy (non-hydrogen) atoms. The zero-order chi connectivity index (χ0) is 18.1. The number of halogens is 1. The topological polar surface area (TPSA) is 68.5 Å². The molecular formula is C18H13ClN4O2S. The van der Waals surface area contributed by atoms with Crippen LogP contribution < -0.4 is 10.1 Å². The maximum absolute atomic E-state index is 12.4. The third-order valence-electron chi connectivity index (χ3n) is 3.82. The predicted molar refractivity (Wildman–Crippen MR) is 102 cm³/mol. The number of amides is 1. The standard InChI is InChI=1S/C18H13ClN4O2S/c1-25-15-4-2-11(8-13(15)19)14-10-26-18(21-14)22-17(24)12-3-5-16-20-6-7-23(16)9-12/h2-10H,1H3,(H,21,22,24). The van der Waals surface area contributed by atoms with Crippen molar-refractivity contribution in [3.8, 4) is 17.0 Å². The van der Waals surface area contributed by atoms with E-state index in [4.69, 9.17) is 16.3 Å². The summed E-state index contributed by atoms with van der Waals surface area (Å²) in [4.78, 5) is 21.1. The van der Waals surface area contributed by atoms with Crippen molar-refractivity contribution in [1.82, 2.24) is 14.4 Å². The summed E-state index contributed by atoms with van der Waals surface area (Å²) in [6.07, 6.45) is 5.21. The van der Waals surface area contributed by atoms with Gasteiger partial charge in [0.25, 0.3) is 5.91 Å². The van der Waals surface area contributed by atoms with Gasteiger partial charge in [0, 0.05) is 29.5 Å². The van der Waals surface area contributed by atoms with Crippen molar-refractivity contribution in [3.05, 3.63) is 64.9 Å². The van der Waals surface area contributed by atoms with Crippen molar-refractivity contribution in [2.45, 2.75) is 0 Å². The number of hydrogen-bond donors (Lipinski definition) is 1. The highest BCUT2D eigenvalue weighted by Crippen LogP contribution is 2.31. The summed E-state index contributed by atoms with van der Waals surface area (Å²) in [5.41, 5.74) is 2.90. The van der Waals surface area contributed by atoms with Crippen LogP contribution in [0.25, 0.3) is 16.9 Å². The van der Waals surface area contributed by atoms with Crippen molar-refractivity contribution in [3.63, 3.8) is 0 Å². The highest BCUT2D eigenvalue weighted by molar-refractivity contribution is 7.14. The molecule has 0 atom stereocenters. The van der Waals surface area contributed by atoms with Crippen molar-refractivity contribution in [1.29, 1.82) is 0 Å². The van der Waals surface area contributed by atoms with Crippen molar-refractivity contribution < 1.29 is 9.53 Å². The van der Waals surface area contributed by atoms with Gasteiger partial charge in [-0.1, -0.05) is 11.6 Å². The fraction of sp³-hybridized carbons (Fsp3) is 0.0556. The van der Waals surface area contributed by atoms with Crippen LogP contribution in [0.2, 0.25) is 5.02 Å². The van der Waals surface area contributed by atoms with E-state index < -0.39 is 0 Å². The van der Waals surface area contributed by atoms with E-state index in [0.717, 1.165) is 16.9 Å². The van der Waals surface area contributed by atoms with Crippen LogP contribution in [0.15, 0.2) is 54.3 Å². The molecule has 4 rings (SSSR count). The highest BCUT2D eigenvalue weighted by Gasteiger charge is 2.12. The number of anilines is 1. The molecule has 0 aliphatic heterocycles. The number of ether oxygens (including phenoxy) is 1. The molecule has 8 heteroatoms. The van der Waals surface area contributed by atoms with Gasteiger partial charge in [0.15, 0.2) is 5.13 Å². The number of pyridine rings is 1. The minimum atomic E-state index is -0.228. The Morgan fingerprint density at radius 3 is 3.00 bits per heavy atom. The van der Waals surface area contributed by atoms with Gasteiger partial charge in [-0.25, -0.2) is 9.97 Å². The number of fused-ring (bicyclic) bond motifs is 1. The quantitative estimate of drug-likeness (QED) is 0.567. The van der Waals surface area contributed by atoms with Crippen molar-refractivity contribution in [2.75, 3.05) is 12.4 Å². The molecule has 4 aromatic rings. The van der Waals surface area contributed by atoms with Crippen LogP contribution in [-0.4, -0.2) is 27.4 Å². The molecule has 1 N–H and O–H groups in total. The van der Waals surface area contributed by atoms with Crippen LogP contribution in [0, 0.1) is 0 Å². The van der Waals surface area contributed by atoms with E-state index in [-0.39, 0.29) is 5.91 Å². The Morgan fingerprint density at radius 1 is 1.31 bits per heavy atom. The van der Waals surface area contributed by atoms with Crippen molar-refractivity contribution >= 4 is 39.6 Å². The molecule has 0 bridgehead atoms. The van der Waals surface area contributed by atoms with Crippen LogP contribution >= 0.6 is 22.9 Å². The van der Waals surface area contributed by atoms with Crippen molar-refractivity contribution in [2.24, 2.45) is 0 Å². The Hall–Kier alpha value is -2.90. The average molecular weight is 385 g/mol. The lowest BCUT2D eigenvalue weighted by Crippen LogP contribution is -2.12. The van der Waals surface area contributed by atoms with Crippen LogP contribution in [0.1, 0.15) is 10.4 Å². The third-order valence-corrected chi connectivity index (χ3v) is 4.88. The lowest BCUT2D eigenvalue weighted by molar-refractivity contribution is 0.102. The van der Waals surface area contributed by atoms with E-state index in [0.29, 0.717) is 21.5 Å². The SMILES string of the molecule is COc1ccc(-c2csc(NC(=O)c3ccc4nccn4c3)n2)cc1Cl. The van der Waals surface area contributed by atoms with Gasteiger partial charge in [-0.15, -0.1) is 11.3 Å². The van der Waals surface area contributed by atoms with Crippen LogP contribution in [0.4, 0.5) is 5.13 Å². The summed E-state index contributed by atoms with van der Waals surface area (Å²) in [5, 5.41) is 5.72. The summed E-state index contributed by atoms with van der Waals surface area (Å²) in [6.45, 7) is 0. The van der Waals surface area contributed by atoms with Gasteiger partial charge in [0.2, 0.25) is 0 Å². The number of methoxy groups -OCH3 is 1. The van der Waals surface area contributed by atoms with Gasteiger partial charge in [0.05, 0.1) is 23.4 Å². The minimum absolute atomic E-state index is 0.228. The molecule has 0 unspecified atom stereocenters. The van der Waals surface area contributed by atoms with Crippen LogP contribution in [-0.2, 0) is 0 Å². The molecule has 3 heterocycles. The fourth-order valence-electron chi connectivity index (χ4n) is 2.51. The van der Waals surface area contributed by atoms with Gasteiger partial charge in [-0.05, 0) is 30.3 Å². The summed E-state index contributed by atoms with van der Waals surface area (Å²) in [6, 6.07) is 8.97. The van der Waals surface area contributed by atoms with Crippen LogP contribution in [0.3, 0.4) is 0 Å². The Balaban J connectivity index is 1.54. The molecule has 3 aromatic heterocycles. The van der Waals surface area contributed by atoms with Gasteiger partial charge in [0.1, 0.15) is 11.4 Å². The molecule has 0 fully saturated rings. The number of carbonyl (C=O) groups is 1. The average Bonchev–Trinajstić information content (AvgIpc) is 3.30. The van der Waals surface area contributed by atoms with E-state index in [1.165, 1.54) is 11.3 Å². The first-order valence-corrected chi connectivity index (χ1v) is 8.93. The summed E-state index contributed by atoms with van der Waals surface area (Å²) < 4.78 is 6.95. The molecule has 6 nitrogen and oxygen atoms in total. The number of nitrogens with zero attached hydrogens (tertiary/aromatic N) is 3. The minimum Gasteiger partial charge on any atom is -0.495 e. The zero-order valence-electron chi connectivity index (χ0n) is 13.6. The van der Waals surface area contributed by atoms with Crippen LogP contribution in [0.5, 0.6) is 5.75 Å². The monoisotopic (exact) mass is 384 g/mol. The molecular weight excluding hydrogens is 372 g/mol. The highest BCUT2D eigenvalue weighted by atomic mass is 35.5. The van der Waals surface area contributed by atoms with Gasteiger partial charge in [-0.2, -0.15) is 0 Å². The molecule has 130 valence electrons. The summed E-state index contributed by atoms with van der Waals surface area (Å²) in [7, 11) is 1.57. The first-order valence-electron chi connectivity index (χ1n) is 7.67. The number of benzene rings is 1. The summed E-state index contributed by atoms with van der Waals surface area (Å²) in [5.74, 6) is 0.378. The number of nitrogens with one attached hydrogen (secondary N) is 1. The molecule has 1 amide bonds. The largest absolute Gasteiger partial charge is 0.495 e. The number of aromatic nitrogens is 3. The van der Waals surface area contributed by atoms with E-state index in [9.17, 15) is 4.79 Å². The van der Waals surface area contributed by atoms with E-state index >= 15 is 0 Å². The molecule has 0 saturated heterocycles. The fourth-order valence-corrected chi connectivity index (χ4v) is 3.49. The lowest BCUT2D eigenvalue weighted by Gasteiger charge is -2.04. The zero-order valence-corrected chi connectivity index (χ0v) is 15.2. The summed E-state index contributed by atoms with van der Waals surface area (Å²) >= 11 is 7.51. The predicted octanol–water partition coefficient (Wildman–Crippen LogP) is 4.37. The molecule has 0 spiro atoms. The third kappa shape index (κ3) is 3.14. The Morgan fingerprint density at radius 2 is 2.19 bits per heavy atom. The second-order valence-corrected chi connectivity index (χ2v) is 6.72. The van der Waals surface area contributed by atoms with Gasteiger partial charge in [-0.3, -0.25) is 10.1 Å². The number of imidazole rings is 1. The number of thiazole rings is 1. The first-order chi connectivity index (χ1) is 12.6. The second-order valence-electron chi connectivity index (χ2n) is 5.45. The number of rotatable bonds is 4. The maximum atomic E-state index is 12.4.